The Bertz CT molecular complexity index is 520. The molecule has 1 N–H and O–H groups in total. The number of aromatic hydroxyl groups is 1. The number of rotatable bonds is 4. The molecule has 2 nitrogen and oxygen atoms in total. The van der Waals surface area contributed by atoms with Gasteiger partial charge in [0.1, 0.15) is 17.1 Å². The van der Waals surface area contributed by atoms with Crippen molar-refractivity contribution in [2.24, 2.45) is 5.92 Å². The number of ether oxygens (including phenoxy) is 1. The van der Waals surface area contributed by atoms with E-state index in [9.17, 15) is 5.11 Å². The quantitative estimate of drug-likeness (QED) is 0.664. The molecule has 0 saturated carbocycles. The summed E-state index contributed by atoms with van der Waals surface area (Å²) < 4.78 is 6.28. The van der Waals surface area contributed by atoms with Crippen LogP contribution in [0.15, 0.2) is 18.7 Å². The van der Waals surface area contributed by atoms with Crippen LogP contribution in [-0.4, -0.2) is 22.2 Å². The molecule has 0 aromatic heterocycles. The Hall–Kier alpha value is -1.09. The third kappa shape index (κ3) is 2.83. The molecule has 1 heterocycles. The van der Waals surface area contributed by atoms with Crippen LogP contribution in [0.5, 0.6) is 11.5 Å². The molecule has 1 aromatic rings. The minimum Gasteiger partial charge on any atom is -0.508 e. The van der Waals surface area contributed by atoms with Crippen LogP contribution in [0.3, 0.4) is 0 Å². The van der Waals surface area contributed by atoms with Crippen molar-refractivity contribution in [1.29, 1.82) is 0 Å². The van der Waals surface area contributed by atoms with E-state index in [0.717, 1.165) is 40.4 Å². The van der Waals surface area contributed by atoms with Crippen molar-refractivity contribution in [2.45, 2.75) is 39.7 Å². The predicted molar refractivity (Wildman–Crippen MR) is 87.0 cm³/mol. The van der Waals surface area contributed by atoms with E-state index >= 15 is 0 Å². The molecule has 2 rings (SSSR count). The molecule has 0 aliphatic carbocycles. The third-order valence-corrected chi connectivity index (χ3v) is 5.37. The van der Waals surface area contributed by atoms with Crippen LogP contribution in [0, 0.1) is 19.8 Å². The number of benzene rings is 1. The molecule has 0 bridgehead atoms. The predicted octanol–water partition coefficient (Wildman–Crippen LogP) is 4.26. The lowest BCUT2D eigenvalue weighted by Gasteiger charge is -2.41. The Labute approximate surface area is 126 Å². The molecule has 20 heavy (non-hydrogen) atoms. The topological polar surface area (TPSA) is 29.5 Å². The van der Waals surface area contributed by atoms with Crippen LogP contribution in [0.2, 0.25) is 0 Å². The minimum atomic E-state index is -0.171. The summed E-state index contributed by atoms with van der Waals surface area (Å²) in [4.78, 5) is 0. The van der Waals surface area contributed by atoms with Crippen molar-refractivity contribution in [1.82, 2.24) is 0 Å². The van der Waals surface area contributed by atoms with Crippen molar-refractivity contribution >= 4 is 11.8 Å². The first-order valence-electron chi connectivity index (χ1n) is 7.06. The summed E-state index contributed by atoms with van der Waals surface area (Å²) in [5, 5.41) is 10.0. The number of hydrogen-bond donors (Lipinski definition) is 1. The molecule has 0 fully saturated rings. The molecule has 0 amide bonds. The van der Waals surface area contributed by atoms with Gasteiger partial charge in [-0.25, -0.2) is 0 Å². The largest absolute Gasteiger partial charge is 0.508 e. The highest BCUT2D eigenvalue weighted by atomic mass is 32.2. The Morgan fingerprint density at radius 1 is 1.45 bits per heavy atom. The molecule has 1 aromatic carbocycles. The smallest absolute Gasteiger partial charge is 0.126 e. The lowest BCUT2D eigenvalue weighted by Crippen LogP contribution is -2.43. The van der Waals surface area contributed by atoms with E-state index in [1.165, 1.54) is 0 Å². The summed E-state index contributed by atoms with van der Waals surface area (Å²) in [5.41, 5.74) is 2.94. The highest BCUT2D eigenvalue weighted by Crippen LogP contribution is 2.43. The van der Waals surface area contributed by atoms with Crippen LogP contribution in [0.25, 0.3) is 0 Å². The number of phenolic OH excluding ortho intramolecular Hbond substituents is 1. The van der Waals surface area contributed by atoms with Gasteiger partial charge in [-0.1, -0.05) is 6.08 Å². The normalized spacial score (nSPS) is 20.1. The average molecular weight is 292 g/mol. The van der Waals surface area contributed by atoms with E-state index in [2.05, 4.69) is 20.4 Å². The van der Waals surface area contributed by atoms with E-state index < -0.39 is 0 Å². The Morgan fingerprint density at radius 3 is 2.80 bits per heavy atom. The molecule has 0 saturated heterocycles. The summed E-state index contributed by atoms with van der Waals surface area (Å²) in [5.74, 6) is 3.81. The van der Waals surface area contributed by atoms with E-state index in [1.807, 2.05) is 37.8 Å². The zero-order valence-electron chi connectivity index (χ0n) is 12.8. The van der Waals surface area contributed by atoms with Crippen molar-refractivity contribution < 1.29 is 9.84 Å². The molecule has 1 aliphatic heterocycles. The van der Waals surface area contributed by atoms with Gasteiger partial charge >= 0.3 is 0 Å². The molecule has 0 radical (unpaired) electrons. The maximum Gasteiger partial charge on any atom is 0.126 e. The highest BCUT2D eigenvalue weighted by molar-refractivity contribution is 7.99. The van der Waals surface area contributed by atoms with Gasteiger partial charge in [0.25, 0.3) is 0 Å². The van der Waals surface area contributed by atoms with Crippen molar-refractivity contribution in [3.05, 3.63) is 35.4 Å². The SMILES string of the molecule is C=CCSCC1Cc2cc(O)c(C)c(C)c2OC1(C)C. The van der Waals surface area contributed by atoms with Gasteiger partial charge in [-0.3, -0.25) is 0 Å². The van der Waals surface area contributed by atoms with Crippen LogP contribution in [0.1, 0.15) is 30.5 Å². The first-order valence-corrected chi connectivity index (χ1v) is 8.22. The lowest BCUT2D eigenvalue weighted by molar-refractivity contribution is 0.0366. The zero-order valence-corrected chi connectivity index (χ0v) is 13.6. The van der Waals surface area contributed by atoms with Crippen LogP contribution >= 0.6 is 11.8 Å². The zero-order chi connectivity index (χ0) is 14.9. The second-order valence-electron chi connectivity index (χ2n) is 6.07. The van der Waals surface area contributed by atoms with Gasteiger partial charge in [0.05, 0.1) is 0 Å². The molecule has 110 valence electrons. The van der Waals surface area contributed by atoms with Crippen LogP contribution in [0.4, 0.5) is 0 Å². The summed E-state index contributed by atoms with van der Waals surface area (Å²) in [7, 11) is 0. The second kappa shape index (κ2) is 5.72. The number of thioether (sulfide) groups is 1. The van der Waals surface area contributed by atoms with Gasteiger partial charge in [0, 0.05) is 17.4 Å². The fourth-order valence-electron chi connectivity index (χ4n) is 2.65. The van der Waals surface area contributed by atoms with Gasteiger partial charge in [0.2, 0.25) is 0 Å². The summed E-state index contributed by atoms with van der Waals surface area (Å²) >= 11 is 1.89. The van der Waals surface area contributed by atoms with Gasteiger partial charge in [-0.2, -0.15) is 11.8 Å². The number of hydrogen-bond acceptors (Lipinski definition) is 3. The van der Waals surface area contributed by atoms with E-state index in [4.69, 9.17) is 4.74 Å². The highest BCUT2D eigenvalue weighted by Gasteiger charge is 2.37. The molecule has 3 heteroatoms. The summed E-state index contributed by atoms with van der Waals surface area (Å²) in [6, 6.07) is 1.87. The van der Waals surface area contributed by atoms with E-state index in [0.29, 0.717) is 11.7 Å². The number of fused-ring (bicyclic) bond motifs is 1. The van der Waals surface area contributed by atoms with E-state index in [-0.39, 0.29) is 5.60 Å². The second-order valence-corrected chi connectivity index (χ2v) is 7.14. The minimum absolute atomic E-state index is 0.171. The average Bonchev–Trinajstić information content (AvgIpc) is 2.38. The first-order chi connectivity index (χ1) is 9.36. The van der Waals surface area contributed by atoms with Crippen molar-refractivity contribution in [3.63, 3.8) is 0 Å². The maximum atomic E-state index is 10.0. The van der Waals surface area contributed by atoms with Crippen molar-refractivity contribution in [2.75, 3.05) is 11.5 Å². The Balaban J connectivity index is 2.30. The van der Waals surface area contributed by atoms with Crippen LogP contribution < -0.4 is 4.74 Å². The number of phenols is 1. The standard InChI is InChI=1S/C17H24O2S/c1-6-7-20-10-14-8-13-9-15(18)11(2)12(3)16(13)19-17(14,4)5/h6,9,14,18H,1,7-8,10H2,2-5H3. The van der Waals surface area contributed by atoms with Gasteiger partial charge in [-0.05, 0) is 56.9 Å². The Morgan fingerprint density at radius 2 is 2.15 bits per heavy atom. The van der Waals surface area contributed by atoms with Gasteiger partial charge < -0.3 is 9.84 Å². The molecular formula is C17H24O2S. The third-order valence-electron chi connectivity index (χ3n) is 4.26. The van der Waals surface area contributed by atoms with Gasteiger partial charge in [-0.15, -0.1) is 6.58 Å². The van der Waals surface area contributed by atoms with Crippen molar-refractivity contribution in [3.8, 4) is 11.5 Å². The monoisotopic (exact) mass is 292 g/mol. The summed E-state index contributed by atoms with van der Waals surface area (Å²) in [6.07, 6.45) is 2.90. The Kier molecular flexibility index (Phi) is 4.38. The van der Waals surface area contributed by atoms with E-state index in [1.54, 1.807) is 0 Å². The molecular weight excluding hydrogens is 268 g/mol. The fraction of sp³-hybridized carbons (Fsp3) is 0.529. The fourth-order valence-corrected chi connectivity index (χ4v) is 3.75. The molecule has 1 atom stereocenters. The molecule has 0 spiro atoms. The van der Waals surface area contributed by atoms with Gasteiger partial charge in [0.15, 0.2) is 0 Å². The molecule has 1 unspecified atom stereocenters. The maximum absolute atomic E-state index is 10.0. The first kappa shape index (κ1) is 15.3. The lowest BCUT2D eigenvalue weighted by atomic mass is 9.82. The summed E-state index contributed by atoms with van der Waals surface area (Å²) in [6.45, 7) is 12.1. The van der Waals surface area contributed by atoms with Crippen LogP contribution in [-0.2, 0) is 6.42 Å². The molecule has 1 aliphatic rings.